The molecule has 1 aromatic rings. The number of hydrogen-bond donors (Lipinski definition) is 2. The minimum absolute atomic E-state index is 0.140. The Morgan fingerprint density at radius 3 is 2.69 bits per heavy atom. The molecule has 2 N–H and O–H groups in total. The van der Waals surface area contributed by atoms with Crippen LogP contribution in [0, 0.1) is 0 Å². The highest BCUT2D eigenvalue weighted by atomic mass is 32.2. The summed E-state index contributed by atoms with van der Waals surface area (Å²) in [6, 6.07) is 7.82. The molecular weight excluding hydrogens is 222 g/mol. The number of ether oxygens (including phenoxy) is 1. The Labute approximate surface area is 100 Å². The average molecular weight is 239 g/mol. The van der Waals surface area contributed by atoms with E-state index in [4.69, 9.17) is 4.74 Å². The maximum absolute atomic E-state index is 9.48. The molecule has 0 spiro atoms. The summed E-state index contributed by atoms with van der Waals surface area (Å²) in [4.78, 5) is 0. The van der Waals surface area contributed by atoms with Crippen LogP contribution in [0.2, 0.25) is 0 Å². The first kappa shape index (κ1) is 11.6. The van der Waals surface area contributed by atoms with Gasteiger partial charge in [-0.25, -0.2) is 0 Å². The minimum atomic E-state index is -0.140. The van der Waals surface area contributed by atoms with Gasteiger partial charge in [0, 0.05) is 11.4 Å². The van der Waals surface area contributed by atoms with E-state index in [2.05, 4.69) is 5.32 Å². The van der Waals surface area contributed by atoms with Crippen LogP contribution in [-0.2, 0) is 0 Å². The number of nitrogens with one attached hydrogen (secondary N) is 1. The maximum atomic E-state index is 9.48. The SMILES string of the molecule is COc1ccc(NC2(CO)CCSC2)cc1. The van der Waals surface area contributed by atoms with E-state index in [1.807, 2.05) is 36.0 Å². The molecule has 1 atom stereocenters. The van der Waals surface area contributed by atoms with Crippen LogP contribution in [0.3, 0.4) is 0 Å². The maximum Gasteiger partial charge on any atom is 0.119 e. The third-order valence-electron chi connectivity index (χ3n) is 2.91. The van der Waals surface area contributed by atoms with Gasteiger partial charge in [0.05, 0.1) is 19.3 Å². The van der Waals surface area contributed by atoms with Crippen molar-refractivity contribution in [1.29, 1.82) is 0 Å². The van der Waals surface area contributed by atoms with E-state index in [1.54, 1.807) is 7.11 Å². The van der Waals surface area contributed by atoms with E-state index in [9.17, 15) is 5.11 Å². The highest BCUT2D eigenvalue weighted by molar-refractivity contribution is 7.99. The van der Waals surface area contributed by atoms with Crippen molar-refractivity contribution in [3.05, 3.63) is 24.3 Å². The van der Waals surface area contributed by atoms with Crippen LogP contribution in [0.4, 0.5) is 5.69 Å². The van der Waals surface area contributed by atoms with Crippen molar-refractivity contribution in [1.82, 2.24) is 0 Å². The standard InChI is InChI=1S/C12H17NO2S/c1-15-11-4-2-10(3-5-11)13-12(8-14)6-7-16-9-12/h2-5,13-14H,6-9H2,1H3. The number of rotatable bonds is 4. The second-order valence-electron chi connectivity index (χ2n) is 4.09. The Morgan fingerprint density at radius 1 is 1.44 bits per heavy atom. The molecule has 0 radical (unpaired) electrons. The van der Waals surface area contributed by atoms with Crippen molar-refractivity contribution in [3.8, 4) is 5.75 Å². The van der Waals surface area contributed by atoms with Crippen LogP contribution in [-0.4, -0.2) is 35.9 Å². The van der Waals surface area contributed by atoms with E-state index in [-0.39, 0.29) is 12.1 Å². The number of thioether (sulfide) groups is 1. The van der Waals surface area contributed by atoms with Crippen molar-refractivity contribution in [2.24, 2.45) is 0 Å². The fourth-order valence-electron chi connectivity index (χ4n) is 1.85. The Kier molecular flexibility index (Phi) is 3.61. The van der Waals surface area contributed by atoms with Crippen LogP contribution in [0.15, 0.2) is 24.3 Å². The van der Waals surface area contributed by atoms with Gasteiger partial charge in [0.25, 0.3) is 0 Å². The predicted molar refractivity (Wildman–Crippen MR) is 68.4 cm³/mol. The van der Waals surface area contributed by atoms with Gasteiger partial charge in [0.15, 0.2) is 0 Å². The molecule has 1 fully saturated rings. The highest BCUT2D eigenvalue weighted by Crippen LogP contribution is 2.31. The predicted octanol–water partition coefficient (Wildman–Crippen LogP) is 1.98. The van der Waals surface area contributed by atoms with E-state index >= 15 is 0 Å². The Morgan fingerprint density at radius 2 is 2.19 bits per heavy atom. The van der Waals surface area contributed by atoms with Gasteiger partial charge in [-0.3, -0.25) is 0 Å². The zero-order valence-electron chi connectivity index (χ0n) is 9.40. The number of methoxy groups -OCH3 is 1. The van der Waals surface area contributed by atoms with Gasteiger partial charge in [0.1, 0.15) is 5.75 Å². The zero-order valence-corrected chi connectivity index (χ0v) is 10.2. The van der Waals surface area contributed by atoms with Crippen molar-refractivity contribution < 1.29 is 9.84 Å². The van der Waals surface area contributed by atoms with Crippen LogP contribution in [0.25, 0.3) is 0 Å². The molecule has 88 valence electrons. The van der Waals surface area contributed by atoms with E-state index in [0.717, 1.165) is 29.4 Å². The second-order valence-corrected chi connectivity index (χ2v) is 5.20. The Bertz CT molecular complexity index is 333. The van der Waals surface area contributed by atoms with Crippen LogP contribution in [0.1, 0.15) is 6.42 Å². The summed E-state index contributed by atoms with van der Waals surface area (Å²) in [6.45, 7) is 0.187. The van der Waals surface area contributed by atoms with Gasteiger partial charge >= 0.3 is 0 Å². The monoisotopic (exact) mass is 239 g/mol. The average Bonchev–Trinajstić information content (AvgIpc) is 2.79. The van der Waals surface area contributed by atoms with Gasteiger partial charge in [-0.1, -0.05) is 0 Å². The molecule has 2 rings (SSSR count). The molecule has 1 heterocycles. The lowest BCUT2D eigenvalue weighted by molar-refractivity contribution is 0.226. The highest BCUT2D eigenvalue weighted by Gasteiger charge is 2.33. The molecule has 1 aromatic carbocycles. The fourth-order valence-corrected chi connectivity index (χ4v) is 3.23. The molecular formula is C12H17NO2S. The molecule has 3 nitrogen and oxygen atoms in total. The quantitative estimate of drug-likeness (QED) is 0.843. The van der Waals surface area contributed by atoms with Crippen LogP contribution >= 0.6 is 11.8 Å². The molecule has 16 heavy (non-hydrogen) atoms. The van der Waals surface area contributed by atoms with Gasteiger partial charge in [-0.2, -0.15) is 11.8 Å². The second kappa shape index (κ2) is 4.97. The zero-order chi connectivity index (χ0) is 11.4. The molecule has 1 saturated heterocycles. The summed E-state index contributed by atoms with van der Waals surface area (Å²) < 4.78 is 5.11. The Hall–Kier alpha value is -0.870. The molecule has 0 saturated carbocycles. The Balaban J connectivity index is 2.07. The summed E-state index contributed by atoms with van der Waals surface area (Å²) in [5.74, 6) is 2.93. The van der Waals surface area contributed by atoms with Crippen molar-refractivity contribution in [3.63, 3.8) is 0 Å². The summed E-state index contributed by atoms with van der Waals surface area (Å²) in [5, 5.41) is 12.9. The van der Waals surface area contributed by atoms with Crippen molar-refractivity contribution >= 4 is 17.4 Å². The van der Waals surface area contributed by atoms with Gasteiger partial charge in [-0.05, 0) is 36.4 Å². The van der Waals surface area contributed by atoms with Crippen LogP contribution in [0.5, 0.6) is 5.75 Å². The van der Waals surface area contributed by atoms with Gasteiger partial charge < -0.3 is 15.2 Å². The number of anilines is 1. The largest absolute Gasteiger partial charge is 0.497 e. The van der Waals surface area contributed by atoms with Crippen molar-refractivity contribution in [2.75, 3.05) is 30.5 Å². The summed E-state index contributed by atoms with van der Waals surface area (Å²) >= 11 is 1.89. The first-order valence-electron chi connectivity index (χ1n) is 5.39. The molecule has 1 aliphatic heterocycles. The summed E-state index contributed by atoms with van der Waals surface area (Å²) in [6.07, 6.45) is 1.01. The third-order valence-corrected chi connectivity index (χ3v) is 4.16. The molecule has 0 aromatic heterocycles. The number of aliphatic hydroxyl groups excluding tert-OH is 1. The molecule has 1 unspecified atom stereocenters. The molecule has 1 aliphatic rings. The first-order valence-corrected chi connectivity index (χ1v) is 6.54. The van der Waals surface area contributed by atoms with E-state index in [0.29, 0.717) is 0 Å². The molecule has 4 heteroatoms. The van der Waals surface area contributed by atoms with Crippen LogP contribution < -0.4 is 10.1 Å². The lowest BCUT2D eigenvalue weighted by Crippen LogP contribution is -2.42. The number of benzene rings is 1. The first-order chi connectivity index (χ1) is 7.78. The third kappa shape index (κ3) is 2.44. The molecule has 0 bridgehead atoms. The van der Waals surface area contributed by atoms with Crippen molar-refractivity contribution in [2.45, 2.75) is 12.0 Å². The molecule has 0 amide bonds. The van der Waals surface area contributed by atoms with E-state index in [1.165, 1.54) is 0 Å². The number of aliphatic hydroxyl groups is 1. The minimum Gasteiger partial charge on any atom is -0.497 e. The van der Waals surface area contributed by atoms with Gasteiger partial charge in [0.2, 0.25) is 0 Å². The van der Waals surface area contributed by atoms with E-state index < -0.39 is 0 Å². The summed E-state index contributed by atoms with van der Waals surface area (Å²) in [7, 11) is 1.66. The lowest BCUT2D eigenvalue weighted by Gasteiger charge is -2.28. The summed E-state index contributed by atoms with van der Waals surface area (Å²) in [5.41, 5.74) is 0.900. The normalized spacial score (nSPS) is 24.4. The fraction of sp³-hybridized carbons (Fsp3) is 0.500. The molecule has 0 aliphatic carbocycles. The topological polar surface area (TPSA) is 41.5 Å². The lowest BCUT2D eigenvalue weighted by atomic mass is 10.00. The number of hydrogen-bond acceptors (Lipinski definition) is 4. The van der Waals surface area contributed by atoms with Gasteiger partial charge in [-0.15, -0.1) is 0 Å². The smallest absolute Gasteiger partial charge is 0.119 e.